The topological polar surface area (TPSA) is 55.4 Å². The first-order valence-electron chi connectivity index (χ1n) is 8.91. The van der Waals surface area contributed by atoms with Crippen molar-refractivity contribution in [2.75, 3.05) is 11.9 Å². The molecule has 0 aliphatic heterocycles. The average molecular weight is 366 g/mol. The zero-order valence-electron chi connectivity index (χ0n) is 13.8. The van der Waals surface area contributed by atoms with Crippen LogP contribution in [-0.2, 0) is 14.3 Å². The number of carbonyl (C=O) groups is 2. The molecular formula is C19H21ClFNO3. The number of rotatable bonds is 4. The van der Waals surface area contributed by atoms with E-state index in [1.807, 2.05) is 0 Å². The number of amides is 1. The van der Waals surface area contributed by atoms with Gasteiger partial charge >= 0.3 is 5.97 Å². The molecule has 1 amide bonds. The van der Waals surface area contributed by atoms with Gasteiger partial charge in [-0.05, 0) is 74.0 Å². The molecule has 4 aliphatic rings. The van der Waals surface area contributed by atoms with Crippen molar-refractivity contribution in [1.82, 2.24) is 0 Å². The molecule has 0 aromatic heterocycles. The maximum atomic E-state index is 13.7. The SMILES string of the molecule is O=C(COC(=O)C1C2CC3CC(C2)CC1C3)Nc1ccc(Cl)cc1F. The number of halogens is 2. The summed E-state index contributed by atoms with van der Waals surface area (Å²) >= 11 is 5.68. The molecule has 4 aliphatic carbocycles. The van der Waals surface area contributed by atoms with Gasteiger partial charge in [0.15, 0.2) is 6.61 Å². The minimum atomic E-state index is -0.617. The lowest BCUT2D eigenvalue weighted by Gasteiger charge is -2.53. The number of esters is 1. The van der Waals surface area contributed by atoms with Crippen molar-refractivity contribution in [2.24, 2.45) is 29.6 Å². The Morgan fingerprint density at radius 1 is 1.12 bits per heavy atom. The monoisotopic (exact) mass is 365 g/mol. The lowest BCUT2D eigenvalue weighted by atomic mass is 9.52. The van der Waals surface area contributed by atoms with Crippen LogP contribution in [0.1, 0.15) is 32.1 Å². The molecule has 134 valence electrons. The van der Waals surface area contributed by atoms with Crippen LogP contribution in [0.25, 0.3) is 0 Å². The zero-order valence-corrected chi connectivity index (χ0v) is 14.6. The molecule has 0 radical (unpaired) electrons. The molecule has 4 nitrogen and oxygen atoms in total. The molecule has 0 unspecified atom stereocenters. The first-order chi connectivity index (χ1) is 12.0. The fraction of sp³-hybridized carbons (Fsp3) is 0.579. The lowest BCUT2D eigenvalue weighted by molar-refractivity contribution is -0.164. The molecule has 1 N–H and O–H groups in total. The molecule has 0 atom stereocenters. The van der Waals surface area contributed by atoms with E-state index >= 15 is 0 Å². The number of hydrogen-bond acceptors (Lipinski definition) is 3. The Bertz CT molecular complexity index is 680. The quantitative estimate of drug-likeness (QED) is 0.819. The Labute approximate surface area is 151 Å². The minimum Gasteiger partial charge on any atom is -0.455 e. The van der Waals surface area contributed by atoms with E-state index < -0.39 is 11.7 Å². The predicted octanol–water partition coefficient (Wildman–Crippen LogP) is 4.03. The first-order valence-corrected chi connectivity index (χ1v) is 9.29. The van der Waals surface area contributed by atoms with Gasteiger partial charge in [0.25, 0.3) is 5.91 Å². The first kappa shape index (κ1) is 16.8. The van der Waals surface area contributed by atoms with Crippen LogP contribution in [0, 0.1) is 35.4 Å². The third-order valence-corrected chi connectivity index (χ3v) is 6.28. The summed E-state index contributed by atoms with van der Waals surface area (Å²) < 4.78 is 19.0. The van der Waals surface area contributed by atoms with Crippen LogP contribution in [0.3, 0.4) is 0 Å². The zero-order chi connectivity index (χ0) is 17.6. The molecule has 1 aromatic carbocycles. The number of carbonyl (C=O) groups excluding carboxylic acids is 2. The van der Waals surface area contributed by atoms with Crippen LogP contribution < -0.4 is 5.32 Å². The molecule has 4 saturated carbocycles. The van der Waals surface area contributed by atoms with Crippen molar-refractivity contribution in [3.8, 4) is 0 Å². The molecular weight excluding hydrogens is 345 g/mol. The maximum Gasteiger partial charge on any atom is 0.310 e. The second-order valence-electron chi connectivity index (χ2n) is 7.74. The van der Waals surface area contributed by atoms with E-state index in [0.29, 0.717) is 11.8 Å². The van der Waals surface area contributed by atoms with Gasteiger partial charge < -0.3 is 10.1 Å². The number of benzene rings is 1. The Morgan fingerprint density at radius 2 is 1.76 bits per heavy atom. The van der Waals surface area contributed by atoms with Crippen molar-refractivity contribution in [1.29, 1.82) is 0 Å². The summed E-state index contributed by atoms with van der Waals surface area (Å²) in [6.45, 7) is -0.385. The number of nitrogens with one attached hydrogen (secondary N) is 1. The highest BCUT2D eigenvalue weighted by Gasteiger charge is 2.51. The molecule has 0 spiro atoms. The lowest BCUT2D eigenvalue weighted by Crippen LogP contribution is -2.48. The van der Waals surface area contributed by atoms with Gasteiger partial charge in [0.1, 0.15) is 5.82 Å². The molecule has 0 saturated heterocycles. The van der Waals surface area contributed by atoms with Gasteiger partial charge in [-0.2, -0.15) is 0 Å². The Morgan fingerprint density at radius 3 is 2.36 bits per heavy atom. The second-order valence-corrected chi connectivity index (χ2v) is 8.17. The van der Waals surface area contributed by atoms with Crippen molar-refractivity contribution >= 4 is 29.2 Å². The number of ether oxygens (including phenoxy) is 1. The number of hydrogen-bond donors (Lipinski definition) is 1. The van der Waals surface area contributed by atoms with Gasteiger partial charge in [-0.1, -0.05) is 11.6 Å². The molecule has 6 heteroatoms. The van der Waals surface area contributed by atoms with Crippen LogP contribution >= 0.6 is 11.6 Å². The molecule has 0 heterocycles. The molecule has 1 aromatic rings. The summed E-state index contributed by atoms with van der Waals surface area (Å²) in [5.41, 5.74) is 0.0278. The van der Waals surface area contributed by atoms with E-state index in [1.54, 1.807) is 0 Å². The van der Waals surface area contributed by atoms with E-state index in [-0.39, 0.29) is 29.2 Å². The van der Waals surface area contributed by atoms with E-state index in [4.69, 9.17) is 16.3 Å². The van der Waals surface area contributed by atoms with E-state index in [2.05, 4.69) is 5.32 Å². The van der Waals surface area contributed by atoms with Crippen LogP contribution in [-0.4, -0.2) is 18.5 Å². The fourth-order valence-electron chi connectivity index (χ4n) is 5.32. The minimum absolute atomic E-state index is 0.0278. The van der Waals surface area contributed by atoms with Gasteiger partial charge in [-0.15, -0.1) is 0 Å². The summed E-state index contributed by atoms with van der Waals surface area (Å²) in [5, 5.41) is 2.66. The van der Waals surface area contributed by atoms with Crippen LogP contribution in [0.2, 0.25) is 5.02 Å². The standard InChI is InChI=1S/C19H21ClFNO3/c20-14-1-2-16(15(21)8-14)22-17(23)9-25-19(24)18-12-4-10-3-11(6-12)7-13(18)5-10/h1-2,8,10-13,18H,3-7,9H2,(H,22,23). The Hall–Kier alpha value is -1.62. The van der Waals surface area contributed by atoms with Crippen molar-refractivity contribution in [3.05, 3.63) is 29.0 Å². The third-order valence-electron chi connectivity index (χ3n) is 6.05. The maximum absolute atomic E-state index is 13.7. The van der Waals surface area contributed by atoms with Crippen LogP contribution in [0.4, 0.5) is 10.1 Å². The van der Waals surface area contributed by atoms with Gasteiger partial charge in [0, 0.05) is 5.02 Å². The van der Waals surface area contributed by atoms with Crippen LogP contribution in [0.5, 0.6) is 0 Å². The van der Waals surface area contributed by atoms with Gasteiger partial charge in [-0.25, -0.2) is 4.39 Å². The summed E-state index contributed by atoms with van der Waals surface area (Å²) in [6.07, 6.45) is 5.80. The second kappa shape index (κ2) is 6.60. The highest BCUT2D eigenvalue weighted by molar-refractivity contribution is 6.30. The van der Waals surface area contributed by atoms with Gasteiger partial charge in [0.05, 0.1) is 11.6 Å². The van der Waals surface area contributed by atoms with E-state index in [0.717, 1.165) is 43.6 Å². The van der Waals surface area contributed by atoms with E-state index in [1.165, 1.54) is 18.6 Å². The highest BCUT2D eigenvalue weighted by Crippen LogP contribution is 2.56. The molecule has 25 heavy (non-hydrogen) atoms. The Balaban J connectivity index is 1.32. The molecule has 4 fully saturated rings. The number of anilines is 1. The average Bonchev–Trinajstić information content (AvgIpc) is 2.54. The predicted molar refractivity (Wildman–Crippen MR) is 91.5 cm³/mol. The van der Waals surface area contributed by atoms with Crippen molar-refractivity contribution in [2.45, 2.75) is 32.1 Å². The summed E-state index contributed by atoms with van der Waals surface area (Å²) in [7, 11) is 0. The summed E-state index contributed by atoms with van der Waals surface area (Å²) in [4.78, 5) is 24.5. The van der Waals surface area contributed by atoms with Crippen LogP contribution in [0.15, 0.2) is 18.2 Å². The molecule has 5 rings (SSSR count). The highest BCUT2D eigenvalue weighted by atomic mass is 35.5. The van der Waals surface area contributed by atoms with Crippen molar-refractivity contribution in [3.63, 3.8) is 0 Å². The normalized spacial score (nSPS) is 32.5. The summed E-state index contributed by atoms with van der Waals surface area (Å²) in [6, 6.07) is 3.99. The fourth-order valence-corrected chi connectivity index (χ4v) is 5.48. The Kier molecular flexibility index (Phi) is 4.44. The smallest absolute Gasteiger partial charge is 0.310 e. The van der Waals surface area contributed by atoms with E-state index in [9.17, 15) is 14.0 Å². The molecule has 4 bridgehead atoms. The van der Waals surface area contributed by atoms with Gasteiger partial charge in [-0.3, -0.25) is 9.59 Å². The summed E-state index contributed by atoms with van der Waals surface area (Å²) in [5.74, 6) is 0.909. The largest absolute Gasteiger partial charge is 0.455 e. The third kappa shape index (κ3) is 3.39. The van der Waals surface area contributed by atoms with Crippen molar-refractivity contribution < 1.29 is 18.7 Å². The van der Waals surface area contributed by atoms with Gasteiger partial charge in [0.2, 0.25) is 0 Å².